The zero-order chi connectivity index (χ0) is 17.1. The molecular weight excluding hydrogens is 334 g/mol. The summed E-state index contributed by atoms with van der Waals surface area (Å²) < 4.78 is 0. The largest absolute Gasteiger partial charge is 0.368 e. The van der Waals surface area contributed by atoms with Gasteiger partial charge in [-0.05, 0) is 53.6 Å². The van der Waals surface area contributed by atoms with Gasteiger partial charge in [-0.3, -0.25) is 4.98 Å². The standard InChI is InChI=1S/C19H16ClN5/c20-19-24-17-5-2-1-4-14(17)18(25-19)23-12-15(16-6-3-9-22-16)13-7-10-21-11-8-13/h1-11,15,22H,12H2,(H,23,24,25). The molecule has 0 aliphatic heterocycles. The van der Waals surface area contributed by atoms with Crippen molar-refractivity contribution in [3.8, 4) is 0 Å². The van der Waals surface area contributed by atoms with Crippen molar-refractivity contribution in [2.24, 2.45) is 0 Å². The van der Waals surface area contributed by atoms with Crippen molar-refractivity contribution in [3.05, 3.63) is 83.7 Å². The number of H-pyrrole nitrogens is 1. The summed E-state index contributed by atoms with van der Waals surface area (Å²) in [7, 11) is 0. The lowest BCUT2D eigenvalue weighted by atomic mass is 9.96. The molecule has 6 heteroatoms. The molecule has 1 atom stereocenters. The number of hydrogen-bond donors (Lipinski definition) is 2. The predicted molar refractivity (Wildman–Crippen MR) is 99.9 cm³/mol. The number of anilines is 1. The van der Waals surface area contributed by atoms with E-state index in [0.29, 0.717) is 6.54 Å². The second-order valence-electron chi connectivity index (χ2n) is 5.70. The summed E-state index contributed by atoms with van der Waals surface area (Å²) in [4.78, 5) is 16.1. The van der Waals surface area contributed by atoms with E-state index in [4.69, 9.17) is 11.6 Å². The first-order chi connectivity index (χ1) is 12.3. The minimum Gasteiger partial charge on any atom is -0.368 e. The monoisotopic (exact) mass is 349 g/mol. The van der Waals surface area contributed by atoms with Gasteiger partial charge in [-0.1, -0.05) is 12.1 Å². The third kappa shape index (κ3) is 3.32. The Labute approximate surface area is 150 Å². The van der Waals surface area contributed by atoms with Gasteiger partial charge in [0.15, 0.2) is 0 Å². The summed E-state index contributed by atoms with van der Waals surface area (Å²) in [6.07, 6.45) is 5.55. The number of hydrogen-bond acceptors (Lipinski definition) is 4. The molecule has 124 valence electrons. The third-order valence-electron chi connectivity index (χ3n) is 4.16. The Morgan fingerprint density at radius 3 is 2.64 bits per heavy atom. The van der Waals surface area contributed by atoms with Crippen molar-refractivity contribution in [2.75, 3.05) is 11.9 Å². The molecule has 25 heavy (non-hydrogen) atoms. The molecule has 0 aliphatic rings. The van der Waals surface area contributed by atoms with Gasteiger partial charge in [0.1, 0.15) is 5.82 Å². The lowest BCUT2D eigenvalue weighted by molar-refractivity contribution is 0.819. The SMILES string of the molecule is Clc1nc(NCC(c2ccncc2)c2ccc[nH]2)c2ccccc2n1. The molecule has 0 radical (unpaired) electrons. The molecule has 0 saturated heterocycles. The molecule has 0 aliphatic carbocycles. The molecule has 0 amide bonds. The van der Waals surface area contributed by atoms with Gasteiger partial charge in [-0.25, -0.2) is 9.97 Å². The van der Waals surface area contributed by atoms with Crippen LogP contribution in [-0.2, 0) is 0 Å². The third-order valence-corrected chi connectivity index (χ3v) is 4.32. The lowest BCUT2D eigenvalue weighted by Gasteiger charge is -2.18. The number of nitrogens with zero attached hydrogens (tertiary/aromatic N) is 3. The van der Waals surface area contributed by atoms with Crippen molar-refractivity contribution in [1.29, 1.82) is 0 Å². The van der Waals surface area contributed by atoms with Gasteiger partial charge >= 0.3 is 0 Å². The summed E-state index contributed by atoms with van der Waals surface area (Å²) in [6.45, 7) is 0.669. The van der Waals surface area contributed by atoms with Crippen molar-refractivity contribution < 1.29 is 0 Å². The molecule has 0 spiro atoms. The topological polar surface area (TPSA) is 66.5 Å². The minimum atomic E-state index is 0.144. The Hall–Kier alpha value is -2.92. The van der Waals surface area contributed by atoms with Gasteiger partial charge in [0, 0.05) is 42.1 Å². The van der Waals surface area contributed by atoms with Gasteiger partial charge in [-0.15, -0.1) is 0 Å². The van der Waals surface area contributed by atoms with Gasteiger partial charge in [-0.2, -0.15) is 0 Å². The van der Waals surface area contributed by atoms with Crippen LogP contribution in [0.4, 0.5) is 5.82 Å². The summed E-state index contributed by atoms with van der Waals surface area (Å²) in [5.74, 6) is 0.881. The average molecular weight is 350 g/mol. The maximum absolute atomic E-state index is 6.08. The fourth-order valence-electron chi connectivity index (χ4n) is 2.95. The van der Waals surface area contributed by atoms with Crippen LogP contribution >= 0.6 is 11.6 Å². The van der Waals surface area contributed by atoms with E-state index in [1.54, 1.807) is 0 Å². The second kappa shape index (κ2) is 6.91. The average Bonchev–Trinajstić information content (AvgIpc) is 3.17. The number of fused-ring (bicyclic) bond motifs is 1. The van der Waals surface area contributed by atoms with E-state index in [2.05, 4.69) is 31.3 Å². The fourth-order valence-corrected chi connectivity index (χ4v) is 3.12. The van der Waals surface area contributed by atoms with Crippen molar-refractivity contribution in [1.82, 2.24) is 19.9 Å². The highest BCUT2D eigenvalue weighted by Crippen LogP contribution is 2.26. The summed E-state index contributed by atoms with van der Waals surface area (Å²) >= 11 is 6.08. The molecule has 2 N–H and O–H groups in total. The Morgan fingerprint density at radius 1 is 1.00 bits per heavy atom. The van der Waals surface area contributed by atoms with Crippen LogP contribution in [0.3, 0.4) is 0 Å². The van der Waals surface area contributed by atoms with E-state index in [-0.39, 0.29) is 11.2 Å². The minimum absolute atomic E-state index is 0.144. The van der Waals surface area contributed by atoms with Gasteiger partial charge in [0.2, 0.25) is 5.28 Å². The van der Waals surface area contributed by atoms with Crippen molar-refractivity contribution in [3.63, 3.8) is 0 Å². The molecule has 5 nitrogen and oxygen atoms in total. The normalized spacial score (nSPS) is 12.2. The predicted octanol–water partition coefficient (Wildman–Crippen LogP) is 4.25. The number of aromatic amines is 1. The quantitative estimate of drug-likeness (QED) is 0.528. The number of aromatic nitrogens is 4. The summed E-state index contributed by atoms with van der Waals surface area (Å²) in [5, 5.41) is 4.63. The number of rotatable bonds is 5. The van der Waals surface area contributed by atoms with E-state index in [9.17, 15) is 0 Å². The van der Waals surface area contributed by atoms with Gasteiger partial charge in [0.25, 0.3) is 0 Å². The van der Waals surface area contributed by atoms with Gasteiger partial charge in [0.05, 0.1) is 5.52 Å². The molecule has 4 rings (SSSR count). The first kappa shape index (κ1) is 15.6. The van der Waals surface area contributed by atoms with E-state index in [1.807, 2.05) is 61.1 Å². The zero-order valence-corrected chi connectivity index (χ0v) is 14.1. The Bertz CT molecular complexity index is 970. The van der Waals surface area contributed by atoms with Crippen molar-refractivity contribution >= 4 is 28.3 Å². The highest BCUT2D eigenvalue weighted by atomic mass is 35.5. The van der Waals surface area contributed by atoms with Crippen LogP contribution in [0.15, 0.2) is 67.1 Å². The summed E-state index contributed by atoms with van der Waals surface area (Å²) in [5.41, 5.74) is 3.13. The number of halogens is 1. The maximum Gasteiger partial charge on any atom is 0.224 e. The molecule has 1 aromatic carbocycles. The fraction of sp³-hybridized carbons (Fsp3) is 0.105. The molecule has 0 fully saturated rings. The second-order valence-corrected chi connectivity index (χ2v) is 6.04. The molecule has 3 heterocycles. The highest BCUT2D eigenvalue weighted by Gasteiger charge is 2.16. The van der Waals surface area contributed by atoms with E-state index in [0.717, 1.165) is 22.4 Å². The Morgan fingerprint density at radius 2 is 1.84 bits per heavy atom. The molecular formula is C19H16ClN5. The van der Waals surface area contributed by atoms with Crippen molar-refractivity contribution in [2.45, 2.75) is 5.92 Å². The lowest BCUT2D eigenvalue weighted by Crippen LogP contribution is -2.15. The number of nitrogens with one attached hydrogen (secondary N) is 2. The molecule has 0 bridgehead atoms. The first-order valence-corrected chi connectivity index (χ1v) is 8.38. The molecule has 0 saturated carbocycles. The van der Waals surface area contributed by atoms with E-state index in [1.165, 1.54) is 5.56 Å². The van der Waals surface area contributed by atoms with Crippen LogP contribution in [0.1, 0.15) is 17.2 Å². The molecule has 3 aromatic heterocycles. The number of pyridine rings is 1. The van der Waals surface area contributed by atoms with Crippen LogP contribution in [0.2, 0.25) is 5.28 Å². The number of para-hydroxylation sites is 1. The van der Waals surface area contributed by atoms with Crippen LogP contribution in [-0.4, -0.2) is 26.5 Å². The Kier molecular flexibility index (Phi) is 4.31. The smallest absolute Gasteiger partial charge is 0.224 e. The molecule has 1 unspecified atom stereocenters. The van der Waals surface area contributed by atoms with Crippen LogP contribution < -0.4 is 5.32 Å². The summed E-state index contributed by atoms with van der Waals surface area (Å²) in [6, 6.07) is 16.0. The first-order valence-electron chi connectivity index (χ1n) is 8.00. The van der Waals surface area contributed by atoms with Crippen LogP contribution in [0.25, 0.3) is 10.9 Å². The maximum atomic E-state index is 6.08. The number of benzene rings is 1. The van der Waals surface area contributed by atoms with Crippen LogP contribution in [0, 0.1) is 0 Å². The van der Waals surface area contributed by atoms with Crippen LogP contribution in [0.5, 0.6) is 0 Å². The van der Waals surface area contributed by atoms with E-state index < -0.39 is 0 Å². The van der Waals surface area contributed by atoms with Gasteiger partial charge < -0.3 is 10.3 Å². The zero-order valence-electron chi connectivity index (χ0n) is 13.4. The van der Waals surface area contributed by atoms with E-state index >= 15 is 0 Å². The Balaban J connectivity index is 1.66. The molecule has 4 aromatic rings. The highest BCUT2D eigenvalue weighted by molar-refractivity contribution is 6.28.